The van der Waals surface area contributed by atoms with E-state index in [2.05, 4.69) is 10.9 Å². The summed E-state index contributed by atoms with van der Waals surface area (Å²) in [6, 6.07) is 0. The lowest BCUT2D eigenvalue weighted by atomic mass is 9.98. The number of nitrogens with zero attached hydrogens (tertiary/aromatic N) is 2. The molecule has 0 aromatic heterocycles. The van der Waals surface area contributed by atoms with Gasteiger partial charge in [0.2, 0.25) is 0 Å². The van der Waals surface area contributed by atoms with Crippen LogP contribution in [-0.4, -0.2) is 267 Å². The number of rotatable bonds is 21. The minimum absolute atomic E-state index is 0.570. The molecule has 26 nitrogen and oxygen atoms in total. The van der Waals surface area contributed by atoms with Gasteiger partial charge < -0.3 is 101 Å². The van der Waals surface area contributed by atoms with Crippen LogP contribution in [0.25, 0.3) is 0 Å². The summed E-state index contributed by atoms with van der Waals surface area (Å²) < 4.78 is 20.9. The van der Waals surface area contributed by atoms with E-state index in [1.54, 1.807) is 0 Å². The Morgan fingerprint density at radius 1 is 0.574 bits per heavy atom. The lowest BCUT2D eigenvalue weighted by Crippen LogP contribution is -2.63. The van der Waals surface area contributed by atoms with Crippen molar-refractivity contribution in [3.63, 3.8) is 0 Å². The second-order valence-electron chi connectivity index (χ2n) is 12.4. The fraction of sp³-hybridized carbons (Fsp3) is 0.929. The van der Waals surface area contributed by atoms with E-state index in [1.807, 2.05) is 0 Å². The zero-order chi connectivity index (χ0) is 41.2. The third kappa shape index (κ3) is 11.3. The first kappa shape index (κ1) is 48.2. The molecule has 2 rings (SSSR count). The van der Waals surface area contributed by atoms with Crippen LogP contribution < -0.4 is 10.9 Å². The van der Waals surface area contributed by atoms with Gasteiger partial charge in [-0.3, -0.25) is 19.6 Å². The predicted octanol–water partition coefficient (Wildman–Crippen LogP) is -12.6. The molecule has 0 saturated carbocycles. The molecule has 2 amide bonds. The number of ether oxygens (including phenoxy) is 4. The SMILES string of the molecule is CNN(CCN(NC)C(=O)[C@H](O)[C@@H](O)[C@H](O[C@@H]1O[C@H](CO)[C@H](O)[C@H](O)[C@H]1O)[C@H](O)CO)C(=O)[C@H](O)[C@@H](O)[C@H](O[C@@H]1O[C@H](CO)[C@H](O)[C@H](O)[C@H]1O)[C@H](O)CO. The molecule has 0 spiro atoms. The van der Waals surface area contributed by atoms with Crippen molar-refractivity contribution in [2.45, 2.75) is 110 Å². The van der Waals surface area contributed by atoms with E-state index in [-0.39, 0.29) is 0 Å². The molecule has 0 aromatic rings. The molecule has 2 aliphatic heterocycles. The number of carbonyl (C=O) groups excluding carboxylic acids is 2. The minimum Gasteiger partial charge on any atom is -0.394 e. The molecule has 26 heteroatoms. The second-order valence-corrected chi connectivity index (χ2v) is 12.4. The van der Waals surface area contributed by atoms with Gasteiger partial charge in [0, 0.05) is 14.1 Å². The Morgan fingerprint density at radius 3 is 1.15 bits per heavy atom. The van der Waals surface area contributed by atoms with Crippen molar-refractivity contribution in [1.82, 2.24) is 20.9 Å². The second kappa shape index (κ2) is 22.1. The smallest absolute Gasteiger partial charge is 0.268 e. The fourth-order valence-corrected chi connectivity index (χ4v) is 5.51. The van der Waals surface area contributed by atoms with E-state index in [9.17, 15) is 91.3 Å². The number of carbonyl (C=O) groups is 2. The lowest BCUT2D eigenvalue weighted by molar-refractivity contribution is -0.326. The highest BCUT2D eigenvalue weighted by molar-refractivity contribution is 5.82. The van der Waals surface area contributed by atoms with Crippen molar-refractivity contribution in [3.8, 4) is 0 Å². The van der Waals surface area contributed by atoms with Crippen LogP contribution in [0.3, 0.4) is 0 Å². The van der Waals surface area contributed by atoms with Gasteiger partial charge in [-0.1, -0.05) is 0 Å². The normalized spacial score (nSPS) is 33.5. The predicted molar refractivity (Wildman–Crippen MR) is 169 cm³/mol. The number of aliphatic hydroxyl groups is 16. The Labute approximate surface area is 307 Å². The molecule has 18 atom stereocenters. The van der Waals surface area contributed by atoms with Crippen LogP contribution in [0.1, 0.15) is 0 Å². The summed E-state index contributed by atoms with van der Waals surface area (Å²) in [6.07, 6.45) is -36.6. The summed E-state index contributed by atoms with van der Waals surface area (Å²) in [5.74, 6) is -2.69. The Hall–Kier alpha value is -1.94. The molecule has 54 heavy (non-hydrogen) atoms. The first-order chi connectivity index (χ1) is 25.4. The van der Waals surface area contributed by atoms with Gasteiger partial charge in [0.1, 0.15) is 85.5 Å². The third-order valence-corrected chi connectivity index (χ3v) is 8.86. The first-order valence-corrected chi connectivity index (χ1v) is 16.6. The van der Waals surface area contributed by atoms with Crippen LogP contribution in [0.5, 0.6) is 0 Å². The van der Waals surface area contributed by atoms with Crippen LogP contribution in [-0.2, 0) is 28.5 Å². The average molecular weight is 799 g/mol. The summed E-state index contributed by atoms with van der Waals surface area (Å²) in [7, 11) is 2.34. The Balaban J connectivity index is 2.16. The molecular formula is C28H54N4O22. The van der Waals surface area contributed by atoms with E-state index in [0.717, 1.165) is 0 Å². The van der Waals surface area contributed by atoms with Crippen molar-refractivity contribution in [2.75, 3.05) is 53.6 Å². The molecule has 2 aliphatic rings. The Kier molecular flexibility index (Phi) is 19.7. The number of nitrogens with one attached hydrogen (secondary N) is 2. The number of amides is 2. The van der Waals surface area contributed by atoms with E-state index >= 15 is 0 Å². The number of aliphatic hydroxyl groups excluding tert-OH is 16. The number of hydrogen-bond acceptors (Lipinski definition) is 24. The highest BCUT2D eigenvalue weighted by atomic mass is 16.7. The molecule has 0 radical (unpaired) electrons. The van der Waals surface area contributed by atoms with Crippen LogP contribution >= 0.6 is 0 Å². The van der Waals surface area contributed by atoms with Gasteiger partial charge in [-0.25, -0.2) is 10.9 Å². The highest BCUT2D eigenvalue weighted by Gasteiger charge is 2.49. The van der Waals surface area contributed by atoms with Gasteiger partial charge in [0.05, 0.1) is 39.5 Å². The lowest BCUT2D eigenvalue weighted by Gasteiger charge is -2.42. The first-order valence-electron chi connectivity index (χ1n) is 16.6. The van der Waals surface area contributed by atoms with Crippen molar-refractivity contribution in [3.05, 3.63) is 0 Å². The van der Waals surface area contributed by atoms with Gasteiger partial charge in [0.15, 0.2) is 24.8 Å². The average Bonchev–Trinajstić information content (AvgIpc) is 3.18. The van der Waals surface area contributed by atoms with Crippen LogP contribution in [0.15, 0.2) is 0 Å². The summed E-state index contributed by atoms with van der Waals surface area (Å²) in [5.41, 5.74) is 4.73. The maximum Gasteiger partial charge on any atom is 0.268 e. The molecule has 2 saturated heterocycles. The Morgan fingerprint density at radius 2 is 0.889 bits per heavy atom. The summed E-state index contributed by atoms with van der Waals surface area (Å²) in [6.45, 7) is -5.15. The van der Waals surface area contributed by atoms with Gasteiger partial charge in [-0.2, -0.15) is 0 Å². The zero-order valence-electron chi connectivity index (χ0n) is 29.1. The summed E-state index contributed by atoms with van der Waals surface area (Å²) in [4.78, 5) is 26.4. The quantitative estimate of drug-likeness (QED) is 0.0479. The maximum absolute atomic E-state index is 13.2. The third-order valence-electron chi connectivity index (χ3n) is 8.86. The van der Waals surface area contributed by atoms with Gasteiger partial charge in [0.25, 0.3) is 11.8 Å². The van der Waals surface area contributed by atoms with Crippen LogP contribution in [0.4, 0.5) is 0 Å². The molecular weight excluding hydrogens is 744 g/mol. The van der Waals surface area contributed by atoms with E-state index < -0.39 is 162 Å². The van der Waals surface area contributed by atoms with Crippen molar-refractivity contribution < 1.29 is 110 Å². The van der Waals surface area contributed by atoms with Crippen LogP contribution in [0, 0.1) is 0 Å². The molecule has 0 aromatic carbocycles. The summed E-state index contributed by atoms with van der Waals surface area (Å²) in [5, 5.41) is 163. The standard InChI is InChI=1S/C28H54N4O22/c1-29-31(25(49)19(45)17(43)23(9(37)5-33)53-27-21(47)15(41)13(39)11(7-35)51-27)3-4-32(30-2)26(50)20(46)18(44)24(10(38)6-34)54-28-22(48)16(42)14(40)12(8-36)52-28/h9-24,27-30,33-48H,3-8H2,1-2H3/t9-,10-,11-,12-,13+,14+,15+,16+,17-,18-,19-,20-,21-,22-,23-,24-,27+,28+/m1/s1. The van der Waals surface area contributed by atoms with E-state index in [1.165, 1.54) is 14.1 Å². The van der Waals surface area contributed by atoms with Crippen molar-refractivity contribution in [1.29, 1.82) is 0 Å². The van der Waals surface area contributed by atoms with Gasteiger partial charge in [-0.05, 0) is 0 Å². The molecule has 2 fully saturated rings. The molecule has 18 N–H and O–H groups in total. The Bertz CT molecular complexity index is 1050. The van der Waals surface area contributed by atoms with E-state index in [0.29, 0.717) is 10.0 Å². The van der Waals surface area contributed by atoms with Gasteiger partial charge in [-0.15, -0.1) is 0 Å². The van der Waals surface area contributed by atoms with Gasteiger partial charge >= 0.3 is 0 Å². The molecule has 0 aliphatic carbocycles. The molecule has 318 valence electrons. The number of hydrogen-bond donors (Lipinski definition) is 18. The van der Waals surface area contributed by atoms with Crippen molar-refractivity contribution in [2.24, 2.45) is 0 Å². The zero-order valence-corrected chi connectivity index (χ0v) is 29.1. The maximum atomic E-state index is 13.2. The largest absolute Gasteiger partial charge is 0.394 e. The highest BCUT2D eigenvalue weighted by Crippen LogP contribution is 2.27. The minimum atomic E-state index is -2.49. The monoisotopic (exact) mass is 798 g/mol. The molecule has 0 bridgehead atoms. The van der Waals surface area contributed by atoms with Crippen molar-refractivity contribution >= 4 is 11.8 Å². The topological polar surface area (TPSA) is 425 Å². The molecule has 2 heterocycles. The fourth-order valence-electron chi connectivity index (χ4n) is 5.51. The van der Waals surface area contributed by atoms with Crippen LogP contribution in [0.2, 0.25) is 0 Å². The van der Waals surface area contributed by atoms with E-state index in [4.69, 9.17) is 18.9 Å². The summed E-state index contributed by atoms with van der Waals surface area (Å²) >= 11 is 0. The molecule has 0 unspecified atom stereocenters. The number of hydrazine groups is 2.